The van der Waals surface area contributed by atoms with Crippen molar-refractivity contribution >= 4 is 35.4 Å². The first-order chi connectivity index (χ1) is 48.8. The Morgan fingerprint density at radius 3 is 1.57 bits per heavy atom. The van der Waals surface area contributed by atoms with E-state index in [1.165, 1.54) is 108 Å². The first-order valence-corrected chi connectivity index (χ1v) is 36.7. The van der Waals surface area contributed by atoms with Crippen molar-refractivity contribution in [1.29, 1.82) is 5.26 Å². The second-order valence-electron chi connectivity index (χ2n) is 28.2. The van der Waals surface area contributed by atoms with Gasteiger partial charge in [0.05, 0.1) is 30.0 Å². The molecule has 2 atom stereocenters. The summed E-state index contributed by atoms with van der Waals surface area (Å²) in [5.41, 5.74) is 6.10. The van der Waals surface area contributed by atoms with E-state index in [9.17, 15) is 60.4 Å². The molecule has 6 aliphatic rings. The first kappa shape index (κ1) is 77.1. The fraction of sp³-hybridized carbons (Fsp3) is 0.592. The van der Waals surface area contributed by atoms with Crippen LogP contribution in [0, 0.1) is 23.2 Å². The number of nitriles is 1. The van der Waals surface area contributed by atoms with Crippen LogP contribution in [0.3, 0.4) is 0 Å². The topological polar surface area (TPSA) is 214 Å². The number of imidazole rings is 2. The van der Waals surface area contributed by atoms with Crippen molar-refractivity contribution in [3.8, 4) is 6.07 Å². The Morgan fingerprint density at radius 2 is 1.06 bits per heavy atom. The van der Waals surface area contributed by atoms with Crippen molar-refractivity contribution in [1.82, 2.24) is 59.6 Å². The summed E-state index contributed by atoms with van der Waals surface area (Å²) in [6.07, 6.45) is 24.5. The third-order valence-corrected chi connectivity index (χ3v) is 20.8. The highest BCUT2D eigenvalue weighted by Crippen LogP contribution is 2.30. The molecule has 25 heteroatoms. The molecule has 11 rings (SSSR count). The van der Waals surface area contributed by atoms with Crippen LogP contribution >= 0.6 is 0 Å². The summed E-state index contributed by atoms with van der Waals surface area (Å²) in [6, 6.07) is 29.6. The number of Topliss-reactive ketones (excluding diaryl/α,β-unsaturated/α-hetero) is 2. The highest BCUT2D eigenvalue weighted by molar-refractivity contribution is 6.41. The zero-order valence-corrected chi connectivity index (χ0v) is 58.2. The van der Waals surface area contributed by atoms with Gasteiger partial charge in [0.1, 0.15) is 12.1 Å². The van der Waals surface area contributed by atoms with Gasteiger partial charge in [-0.05, 0) is 92.3 Å². The predicted octanol–water partition coefficient (Wildman–Crippen LogP) is 12.2. The van der Waals surface area contributed by atoms with Gasteiger partial charge in [0.15, 0.2) is 0 Å². The molecular weight excluding hydrogens is 1300 g/mol. The van der Waals surface area contributed by atoms with Gasteiger partial charge in [-0.15, -0.1) is 0 Å². The van der Waals surface area contributed by atoms with Crippen LogP contribution in [0.4, 0.5) is 35.9 Å². The summed E-state index contributed by atoms with van der Waals surface area (Å²) in [4.78, 5) is 94.2. The number of carbonyl (C=O) groups excluding carboxylic acids is 6. The number of carbonyl (C=O) groups is 6. The average Bonchev–Trinajstić information content (AvgIpc) is 1.30. The number of amides is 6. The molecule has 5 aromatic rings. The van der Waals surface area contributed by atoms with E-state index >= 15 is 0 Å². The number of hydrogen-bond acceptors (Lipinski definition) is 11. The maximum absolute atomic E-state index is 14.8. The van der Waals surface area contributed by atoms with Gasteiger partial charge in [0, 0.05) is 115 Å². The minimum atomic E-state index is -5.77. The van der Waals surface area contributed by atoms with E-state index < -0.39 is 36.0 Å². The fourth-order valence-corrected chi connectivity index (χ4v) is 14.9. The van der Waals surface area contributed by atoms with E-state index in [-0.39, 0.29) is 36.0 Å². The summed E-state index contributed by atoms with van der Waals surface area (Å²) in [5.74, 6) is -5.26. The van der Waals surface area contributed by atoms with Gasteiger partial charge in [-0.1, -0.05) is 176 Å². The lowest BCUT2D eigenvalue weighted by molar-refractivity contribution is -0.193. The lowest BCUT2D eigenvalue weighted by atomic mass is 9.87. The van der Waals surface area contributed by atoms with Crippen LogP contribution in [0.5, 0.6) is 0 Å². The third kappa shape index (κ3) is 24.6. The molecule has 101 heavy (non-hydrogen) atoms. The zero-order chi connectivity index (χ0) is 71.6. The van der Waals surface area contributed by atoms with E-state index in [1.807, 2.05) is 93.9 Å². The van der Waals surface area contributed by atoms with Crippen molar-refractivity contribution in [2.24, 2.45) is 11.8 Å². The fourth-order valence-electron chi connectivity index (χ4n) is 14.9. The Kier molecular flexibility index (Phi) is 29.6. The smallest absolute Gasteiger partial charge is 0.352 e. The van der Waals surface area contributed by atoms with Crippen molar-refractivity contribution in [2.45, 2.75) is 210 Å². The molecule has 3 aromatic carbocycles. The van der Waals surface area contributed by atoms with E-state index in [4.69, 9.17) is 0 Å². The molecule has 3 N–H and O–H groups in total. The molecule has 2 aliphatic heterocycles. The molecular formula is C76H101F6N13O6. The van der Waals surface area contributed by atoms with Crippen molar-refractivity contribution in [3.63, 3.8) is 0 Å². The lowest BCUT2D eigenvalue weighted by Crippen LogP contribution is -2.63. The number of urea groups is 2. The average molecular weight is 1410 g/mol. The Bertz CT molecular complexity index is 3410. The number of nitrogens with zero attached hydrogens (tertiary/aromatic N) is 10. The predicted molar refractivity (Wildman–Crippen MR) is 372 cm³/mol. The number of halogens is 6. The Labute approximate surface area is 590 Å². The van der Waals surface area contributed by atoms with E-state index in [0.29, 0.717) is 70.9 Å². The number of rotatable bonds is 23. The lowest BCUT2D eigenvalue weighted by Gasteiger charge is -2.43. The second-order valence-corrected chi connectivity index (χ2v) is 28.2. The van der Waals surface area contributed by atoms with Crippen LogP contribution in [0.1, 0.15) is 175 Å². The number of hydrogen-bond donors (Lipinski definition) is 3. The molecule has 0 unspecified atom stereocenters. The van der Waals surface area contributed by atoms with E-state index in [2.05, 4.69) is 76.8 Å². The maximum atomic E-state index is 14.8. The summed E-state index contributed by atoms with van der Waals surface area (Å²) in [7, 11) is 0. The highest BCUT2D eigenvalue weighted by atomic mass is 19.4. The van der Waals surface area contributed by atoms with Crippen LogP contribution in [-0.2, 0) is 51.7 Å². The van der Waals surface area contributed by atoms with Crippen LogP contribution < -0.4 is 16.0 Å². The molecule has 6 amide bonds. The largest absolute Gasteiger partial charge is 0.458 e. The van der Waals surface area contributed by atoms with Crippen LogP contribution in [0.2, 0.25) is 0 Å². The van der Waals surface area contributed by atoms with Gasteiger partial charge in [0.2, 0.25) is 11.8 Å². The van der Waals surface area contributed by atoms with Gasteiger partial charge in [0.25, 0.3) is 0 Å². The first-order valence-electron chi connectivity index (χ1n) is 36.7. The minimum Gasteiger partial charge on any atom is -0.352 e. The summed E-state index contributed by atoms with van der Waals surface area (Å²) < 4.78 is 71.1. The molecule has 0 spiro atoms. The molecule has 548 valence electrons. The molecule has 2 aromatic heterocycles. The Morgan fingerprint density at radius 1 is 0.564 bits per heavy atom. The van der Waals surface area contributed by atoms with Crippen molar-refractivity contribution in [2.75, 3.05) is 65.4 Å². The van der Waals surface area contributed by atoms with Crippen LogP contribution in [0.15, 0.2) is 110 Å². The van der Waals surface area contributed by atoms with Crippen molar-refractivity contribution < 1.29 is 55.1 Å². The number of ketones is 2. The number of piperazine rings is 2. The number of aromatic nitrogens is 4. The van der Waals surface area contributed by atoms with Gasteiger partial charge in [-0.25, -0.2) is 19.6 Å². The summed E-state index contributed by atoms with van der Waals surface area (Å²) >= 11 is 0. The van der Waals surface area contributed by atoms with Gasteiger partial charge >= 0.3 is 36.0 Å². The highest BCUT2D eigenvalue weighted by Gasteiger charge is 2.54. The Hall–Kier alpha value is -8.11. The van der Waals surface area contributed by atoms with Crippen molar-refractivity contribution in [3.05, 3.63) is 144 Å². The normalized spacial score (nSPS) is 19.3. The molecule has 2 saturated heterocycles. The molecule has 4 heterocycles. The molecule has 0 bridgehead atoms. The minimum absolute atomic E-state index is 0.0168. The molecule has 0 radical (unpaired) electrons. The number of benzene rings is 3. The SMILES string of the molecule is N#Cc1ccc(Cn2cncc2CCN(Cc2ccccc2)C(=O)[C@H]2CN(CCC3CCCCC3)CCN2C(=O)NC2CCCCC2)cc1.O=C(C(=O)C(F)(F)F)C(F)(F)F.O=C(NCCn1cnc(Cc2ccccc2)c1)[C@H]1CN(CCC2CCCCC2)CCN1C(=O)NC1CCCCC1. The molecule has 6 fully saturated rings. The van der Waals surface area contributed by atoms with Crippen LogP contribution in [0.25, 0.3) is 0 Å². The number of alkyl halides is 6. The Balaban J connectivity index is 0.000000205. The van der Waals surface area contributed by atoms with Gasteiger partial charge in [-0.2, -0.15) is 31.6 Å². The van der Waals surface area contributed by atoms with E-state index in [0.717, 1.165) is 105 Å². The van der Waals surface area contributed by atoms with Gasteiger partial charge in [-0.3, -0.25) is 29.0 Å². The van der Waals surface area contributed by atoms with Crippen LogP contribution in [-0.4, -0.2) is 181 Å². The molecule has 19 nitrogen and oxygen atoms in total. The molecule has 4 aliphatic carbocycles. The van der Waals surface area contributed by atoms with Gasteiger partial charge < -0.3 is 39.8 Å². The summed E-state index contributed by atoms with van der Waals surface area (Å²) in [6.45, 7) is 8.82. The monoisotopic (exact) mass is 1410 g/mol. The zero-order valence-electron chi connectivity index (χ0n) is 58.2. The van der Waals surface area contributed by atoms with E-state index in [1.54, 1.807) is 4.90 Å². The second kappa shape index (κ2) is 38.8. The number of nitrogens with one attached hydrogen (secondary N) is 3. The third-order valence-electron chi connectivity index (χ3n) is 20.8. The summed E-state index contributed by atoms with van der Waals surface area (Å²) in [5, 5.41) is 18.9. The quantitative estimate of drug-likeness (QED) is 0.0413. The molecule has 4 saturated carbocycles. The maximum Gasteiger partial charge on any atom is 0.458 e. The standard InChI is InChI=1S/C40H53N7O2.C32H48N6O2.C4F6O2/c41-26-33-16-18-35(19-17-33)29-46-31-42-27-37(46)21-23-45(28-34-12-6-2-7-13-34)39(48)38-30-44(22-20-32-10-4-1-5-11-32)24-25-47(38)40(49)43-36-14-8-3-9-15-36;39-31(33-17-19-37-23-29(34-25-37)22-27-12-6-2-7-13-27)30-24-36(18-16-26-10-4-1-5-11-26)20-21-38(30)32(40)35-28-14-8-3-9-15-28;5-3(6,7)1(11)2(12)4(8,9)10/h2,6-7,12-13,16-19,27,31-32,36,38H,1,3-5,8-11,14-15,20-25,28-30H2,(H,43,49);2,6-7,12-13,23,25-26,28,30H,1,3-5,8-11,14-22,24H2,(H,33,39)(H,35,40);/t38-;30-;/m11./s1.